The van der Waals surface area contributed by atoms with Crippen molar-refractivity contribution in [3.05, 3.63) is 0 Å². The Hall–Kier alpha value is -1.10. The molecule has 2 rings (SSSR count). The van der Waals surface area contributed by atoms with Crippen LogP contribution >= 0.6 is 0 Å². The molecular formula is C15H26N2O3. The molecule has 0 aromatic carbocycles. The lowest BCUT2D eigenvalue weighted by molar-refractivity contribution is -0.145. The van der Waals surface area contributed by atoms with Gasteiger partial charge in [0.25, 0.3) is 0 Å². The van der Waals surface area contributed by atoms with Crippen LogP contribution in [0.25, 0.3) is 0 Å². The SMILES string of the molecule is NCC1CCCC1C(=O)NCC1CCCCC1C(=O)O. The van der Waals surface area contributed by atoms with Gasteiger partial charge in [0.2, 0.25) is 5.91 Å². The van der Waals surface area contributed by atoms with Gasteiger partial charge in [0.1, 0.15) is 0 Å². The number of carboxylic acid groups (broad SMARTS) is 1. The van der Waals surface area contributed by atoms with Crippen LogP contribution in [-0.2, 0) is 9.59 Å². The number of carbonyl (C=O) groups is 2. The van der Waals surface area contributed by atoms with Gasteiger partial charge in [0.15, 0.2) is 0 Å². The van der Waals surface area contributed by atoms with Gasteiger partial charge in [-0.25, -0.2) is 0 Å². The summed E-state index contributed by atoms with van der Waals surface area (Å²) in [5.74, 6) is -0.512. The van der Waals surface area contributed by atoms with E-state index in [1.165, 1.54) is 0 Å². The minimum Gasteiger partial charge on any atom is -0.481 e. The van der Waals surface area contributed by atoms with Crippen LogP contribution in [0.3, 0.4) is 0 Å². The Morgan fingerprint density at radius 3 is 2.35 bits per heavy atom. The maximum Gasteiger partial charge on any atom is 0.306 e. The molecule has 5 nitrogen and oxygen atoms in total. The molecular weight excluding hydrogens is 256 g/mol. The molecule has 0 aromatic rings. The molecule has 4 atom stereocenters. The molecule has 4 unspecified atom stereocenters. The molecule has 1 amide bonds. The third-order valence-electron chi connectivity index (χ3n) is 5.06. The quantitative estimate of drug-likeness (QED) is 0.710. The van der Waals surface area contributed by atoms with Gasteiger partial charge in [-0.15, -0.1) is 0 Å². The van der Waals surface area contributed by atoms with Gasteiger partial charge >= 0.3 is 5.97 Å². The standard InChI is InChI=1S/C15H26N2O3/c16-8-10-5-3-7-12(10)14(18)17-9-11-4-1-2-6-13(11)15(19)20/h10-13H,1-9,16H2,(H,17,18)(H,19,20). The van der Waals surface area contributed by atoms with E-state index in [2.05, 4.69) is 5.32 Å². The summed E-state index contributed by atoms with van der Waals surface area (Å²) < 4.78 is 0. The minimum atomic E-state index is -0.718. The Labute approximate surface area is 120 Å². The number of hydrogen-bond acceptors (Lipinski definition) is 3. The van der Waals surface area contributed by atoms with E-state index in [-0.39, 0.29) is 23.7 Å². The molecule has 0 radical (unpaired) electrons. The van der Waals surface area contributed by atoms with Crippen molar-refractivity contribution in [3.8, 4) is 0 Å². The maximum absolute atomic E-state index is 12.2. The number of carbonyl (C=O) groups excluding carboxylic acids is 1. The van der Waals surface area contributed by atoms with E-state index >= 15 is 0 Å². The topological polar surface area (TPSA) is 92.4 Å². The fourth-order valence-electron chi connectivity index (χ4n) is 3.80. The van der Waals surface area contributed by atoms with Crippen molar-refractivity contribution in [2.75, 3.05) is 13.1 Å². The van der Waals surface area contributed by atoms with Gasteiger partial charge in [-0.1, -0.05) is 19.3 Å². The van der Waals surface area contributed by atoms with Crippen molar-refractivity contribution >= 4 is 11.9 Å². The number of carboxylic acids is 1. The summed E-state index contributed by atoms with van der Waals surface area (Å²) in [6.07, 6.45) is 6.73. The monoisotopic (exact) mass is 282 g/mol. The summed E-state index contributed by atoms with van der Waals surface area (Å²) in [4.78, 5) is 23.5. The Bertz CT molecular complexity index is 359. The van der Waals surface area contributed by atoms with Crippen molar-refractivity contribution in [2.24, 2.45) is 29.4 Å². The molecule has 2 aliphatic rings. The summed E-state index contributed by atoms with van der Waals surface area (Å²) in [6.45, 7) is 1.07. The number of nitrogens with two attached hydrogens (primary N) is 1. The molecule has 20 heavy (non-hydrogen) atoms. The predicted octanol–water partition coefficient (Wildman–Crippen LogP) is 1.37. The largest absolute Gasteiger partial charge is 0.481 e. The number of amides is 1. The summed E-state index contributed by atoms with van der Waals surface area (Å²) >= 11 is 0. The zero-order valence-corrected chi connectivity index (χ0v) is 12.0. The minimum absolute atomic E-state index is 0.0341. The van der Waals surface area contributed by atoms with Crippen LogP contribution in [0.1, 0.15) is 44.9 Å². The molecule has 2 saturated carbocycles. The predicted molar refractivity (Wildman–Crippen MR) is 76.0 cm³/mol. The highest BCUT2D eigenvalue weighted by molar-refractivity contribution is 5.79. The van der Waals surface area contributed by atoms with E-state index in [1.807, 2.05) is 0 Å². The third-order valence-corrected chi connectivity index (χ3v) is 5.06. The molecule has 0 aliphatic heterocycles. The highest BCUT2D eigenvalue weighted by Crippen LogP contribution is 2.32. The molecule has 0 aromatic heterocycles. The number of nitrogens with one attached hydrogen (secondary N) is 1. The smallest absolute Gasteiger partial charge is 0.306 e. The average Bonchev–Trinajstić information content (AvgIpc) is 2.93. The van der Waals surface area contributed by atoms with E-state index < -0.39 is 5.97 Å². The van der Waals surface area contributed by atoms with Crippen molar-refractivity contribution in [1.82, 2.24) is 5.32 Å². The van der Waals surface area contributed by atoms with Gasteiger partial charge in [-0.05, 0) is 44.1 Å². The first-order valence-corrected chi connectivity index (χ1v) is 7.84. The van der Waals surface area contributed by atoms with Crippen LogP contribution in [-0.4, -0.2) is 30.1 Å². The Morgan fingerprint density at radius 1 is 1.00 bits per heavy atom. The van der Waals surface area contributed by atoms with E-state index in [9.17, 15) is 14.7 Å². The first-order valence-electron chi connectivity index (χ1n) is 7.84. The normalized spacial score (nSPS) is 33.9. The zero-order valence-electron chi connectivity index (χ0n) is 12.0. The van der Waals surface area contributed by atoms with Gasteiger partial charge < -0.3 is 16.2 Å². The second kappa shape index (κ2) is 7.07. The number of aliphatic carboxylic acids is 1. The van der Waals surface area contributed by atoms with Crippen LogP contribution in [0.5, 0.6) is 0 Å². The molecule has 4 N–H and O–H groups in total. The number of hydrogen-bond donors (Lipinski definition) is 3. The maximum atomic E-state index is 12.2. The molecule has 114 valence electrons. The Morgan fingerprint density at radius 2 is 1.65 bits per heavy atom. The first kappa shape index (κ1) is 15.3. The van der Waals surface area contributed by atoms with Crippen LogP contribution < -0.4 is 11.1 Å². The molecule has 2 aliphatic carbocycles. The van der Waals surface area contributed by atoms with Crippen LogP contribution in [0, 0.1) is 23.7 Å². The van der Waals surface area contributed by atoms with Crippen molar-refractivity contribution in [3.63, 3.8) is 0 Å². The Balaban J connectivity index is 1.84. The molecule has 0 spiro atoms. The van der Waals surface area contributed by atoms with Gasteiger partial charge in [-0.3, -0.25) is 9.59 Å². The van der Waals surface area contributed by atoms with Crippen LogP contribution in [0.2, 0.25) is 0 Å². The van der Waals surface area contributed by atoms with E-state index in [4.69, 9.17) is 5.73 Å². The fourth-order valence-corrected chi connectivity index (χ4v) is 3.80. The van der Waals surface area contributed by atoms with Gasteiger partial charge in [0.05, 0.1) is 5.92 Å². The van der Waals surface area contributed by atoms with Crippen LogP contribution in [0.4, 0.5) is 0 Å². The molecule has 5 heteroatoms. The summed E-state index contributed by atoms with van der Waals surface area (Å²) in [6, 6.07) is 0. The average molecular weight is 282 g/mol. The first-order chi connectivity index (χ1) is 9.63. The lowest BCUT2D eigenvalue weighted by Crippen LogP contribution is -2.41. The lowest BCUT2D eigenvalue weighted by Gasteiger charge is -2.29. The molecule has 0 heterocycles. The van der Waals surface area contributed by atoms with E-state index in [0.29, 0.717) is 19.0 Å². The van der Waals surface area contributed by atoms with Crippen LogP contribution in [0.15, 0.2) is 0 Å². The summed E-state index contributed by atoms with van der Waals surface area (Å²) in [5.41, 5.74) is 5.71. The van der Waals surface area contributed by atoms with Gasteiger partial charge in [0, 0.05) is 12.5 Å². The molecule has 0 bridgehead atoms. The Kier molecular flexibility index (Phi) is 5.40. The second-order valence-corrected chi connectivity index (χ2v) is 6.27. The summed E-state index contributed by atoms with van der Waals surface area (Å²) in [7, 11) is 0. The van der Waals surface area contributed by atoms with Crippen molar-refractivity contribution in [1.29, 1.82) is 0 Å². The van der Waals surface area contributed by atoms with Crippen molar-refractivity contribution in [2.45, 2.75) is 44.9 Å². The zero-order chi connectivity index (χ0) is 14.5. The van der Waals surface area contributed by atoms with Crippen molar-refractivity contribution < 1.29 is 14.7 Å². The highest BCUT2D eigenvalue weighted by Gasteiger charge is 2.34. The van der Waals surface area contributed by atoms with Gasteiger partial charge in [-0.2, -0.15) is 0 Å². The summed E-state index contributed by atoms with van der Waals surface area (Å²) in [5, 5.41) is 12.2. The number of rotatable bonds is 5. The highest BCUT2D eigenvalue weighted by atomic mass is 16.4. The fraction of sp³-hybridized carbons (Fsp3) is 0.867. The lowest BCUT2D eigenvalue weighted by atomic mass is 9.79. The molecule has 2 fully saturated rings. The van der Waals surface area contributed by atoms with E-state index in [1.54, 1.807) is 0 Å². The second-order valence-electron chi connectivity index (χ2n) is 6.27. The molecule has 0 saturated heterocycles. The third kappa shape index (κ3) is 3.51. The van der Waals surface area contributed by atoms with E-state index in [0.717, 1.165) is 44.9 Å².